The first-order chi connectivity index (χ1) is 13.5. The van der Waals surface area contributed by atoms with Gasteiger partial charge in [-0.25, -0.2) is 0 Å². The summed E-state index contributed by atoms with van der Waals surface area (Å²) >= 11 is 0. The fraction of sp³-hybridized carbons (Fsp3) is 0.130. The summed E-state index contributed by atoms with van der Waals surface area (Å²) in [5.41, 5.74) is 0.594. The molecule has 1 amide bonds. The number of aromatic nitrogens is 1. The normalized spacial score (nSPS) is 18.2. The van der Waals surface area contributed by atoms with E-state index in [4.69, 9.17) is 0 Å². The van der Waals surface area contributed by atoms with E-state index >= 15 is 0 Å². The number of hydrogen-bond acceptors (Lipinski definition) is 3. The van der Waals surface area contributed by atoms with E-state index in [1.165, 1.54) is 4.90 Å². The molecule has 28 heavy (non-hydrogen) atoms. The lowest BCUT2D eigenvalue weighted by atomic mass is 9.88. The van der Waals surface area contributed by atoms with Gasteiger partial charge in [-0.1, -0.05) is 24.3 Å². The maximum atomic E-state index is 12.9. The summed E-state index contributed by atoms with van der Waals surface area (Å²) in [4.78, 5) is 27.3. The Kier molecular flexibility index (Phi) is 4.45. The van der Waals surface area contributed by atoms with E-state index in [1.54, 1.807) is 42.5 Å². The number of fused-ring (bicyclic) bond motifs is 1. The van der Waals surface area contributed by atoms with Crippen LogP contribution in [-0.4, -0.2) is 27.9 Å². The predicted octanol–water partition coefficient (Wildman–Crippen LogP) is 3.47. The van der Waals surface area contributed by atoms with Crippen molar-refractivity contribution in [2.24, 2.45) is 0 Å². The number of carbonyl (C=O) groups is 2. The number of Topliss-reactive ketones (excluding diaryl/α,β-unsaturated/α-hetero) is 1. The monoisotopic (exact) mass is 372 g/mol. The molecule has 1 N–H and O–H groups in total. The van der Waals surface area contributed by atoms with Gasteiger partial charge in [-0.05, 0) is 42.5 Å². The highest BCUT2D eigenvalue weighted by Crippen LogP contribution is 2.42. The second kappa shape index (κ2) is 6.94. The molecule has 1 atom stereocenters. The number of hydrogen-bond donors (Lipinski definition) is 1. The molecule has 0 radical (unpaired) electrons. The summed E-state index contributed by atoms with van der Waals surface area (Å²) < 4.78 is 1.94. The van der Waals surface area contributed by atoms with E-state index in [-0.39, 0.29) is 18.7 Å². The first-order valence-corrected chi connectivity index (χ1v) is 9.06. The summed E-state index contributed by atoms with van der Waals surface area (Å²) in [7, 11) is 0. The Labute approximate surface area is 163 Å². The number of benzene rings is 2. The van der Waals surface area contributed by atoms with Crippen LogP contribution in [0.3, 0.4) is 0 Å². The molecule has 2 heterocycles. The predicted molar refractivity (Wildman–Crippen MR) is 108 cm³/mol. The molecule has 3 aromatic rings. The zero-order valence-corrected chi connectivity index (χ0v) is 15.3. The van der Waals surface area contributed by atoms with Crippen molar-refractivity contribution in [1.29, 1.82) is 0 Å². The van der Waals surface area contributed by atoms with Crippen LogP contribution in [0.25, 0.3) is 5.69 Å². The lowest BCUT2D eigenvalue weighted by Crippen LogP contribution is -2.41. The highest BCUT2D eigenvalue weighted by atomic mass is 16.3. The van der Waals surface area contributed by atoms with Gasteiger partial charge in [0.15, 0.2) is 11.4 Å². The van der Waals surface area contributed by atoms with E-state index in [0.29, 0.717) is 16.8 Å². The van der Waals surface area contributed by atoms with Gasteiger partial charge >= 0.3 is 0 Å². The number of nitrogens with zero attached hydrogens (tertiary/aromatic N) is 2. The Balaban J connectivity index is 1.62. The Bertz CT molecular complexity index is 1040. The van der Waals surface area contributed by atoms with Crippen LogP contribution in [0.2, 0.25) is 0 Å². The van der Waals surface area contributed by atoms with Crippen LogP contribution in [0.4, 0.5) is 5.69 Å². The van der Waals surface area contributed by atoms with Crippen molar-refractivity contribution in [2.75, 3.05) is 11.4 Å². The Morgan fingerprint density at radius 3 is 2.39 bits per heavy atom. The Morgan fingerprint density at radius 1 is 1.04 bits per heavy atom. The number of para-hydroxylation sites is 1. The molecule has 0 spiro atoms. The summed E-state index contributed by atoms with van der Waals surface area (Å²) in [5.74, 6) is -0.781. The van der Waals surface area contributed by atoms with Crippen molar-refractivity contribution in [1.82, 2.24) is 4.57 Å². The van der Waals surface area contributed by atoms with Gasteiger partial charge in [-0.2, -0.15) is 0 Å². The third-order valence-electron chi connectivity index (χ3n) is 5.06. The molecule has 140 valence electrons. The second-order valence-corrected chi connectivity index (χ2v) is 6.82. The number of anilines is 1. The molecule has 0 fully saturated rings. The van der Waals surface area contributed by atoms with E-state index in [2.05, 4.69) is 6.58 Å². The van der Waals surface area contributed by atoms with Gasteiger partial charge in [-0.15, -0.1) is 6.58 Å². The van der Waals surface area contributed by atoms with Gasteiger partial charge in [0.25, 0.3) is 5.91 Å². The quantitative estimate of drug-likeness (QED) is 0.532. The second-order valence-electron chi connectivity index (χ2n) is 6.82. The first-order valence-electron chi connectivity index (χ1n) is 9.06. The van der Waals surface area contributed by atoms with Crippen molar-refractivity contribution in [3.8, 4) is 5.69 Å². The maximum Gasteiger partial charge on any atom is 0.264 e. The maximum absolute atomic E-state index is 12.9. The molecule has 1 aliphatic rings. The van der Waals surface area contributed by atoms with Gasteiger partial charge in [0.1, 0.15) is 0 Å². The third-order valence-corrected chi connectivity index (χ3v) is 5.06. The van der Waals surface area contributed by atoms with E-state index in [0.717, 1.165) is 5.69 Å². The minimum atomic E-state index is -1.87. The molecule has 4 rings (SSSR count). The highest BCUT2D eigenvalue weighted by molar-refractivity contribution is 6.10. The number of rotatable bonds is 6. The van der Waals surface area contributed by atoms with Crippen molar-refractivity contribution >= 4 is 17.4 Å². The summed E-state index contributed by atoms with van der Waals surface area (Å²) in [6.07, 6.45) is 5.13. The van der Waals surface area contributed by atoms with Crippen LogP contribution < -0.4 is 4.90 Å². The molecule has 2 aromatic carbocycles. The summed E-state index contributed by atoms with van der Waals surface area (Å²) in [6.45, 7) is 3.95. The number of aliphatic hydroxyl groups is 1. The number of amides is 1. The Hall–Kier alpha value is -3.44. The third kappa shape index (κ3) is 2.86. The van der Waals surface area contributed by atoms with Crippen LogP contribution in [0.1, 0.15) is 22.3 Å². The average molecular weight is 372 g/mol. The smallest absolute Gasteiger partial charge is 0.264 e. The number of ketones is 1. The fourth-order valence-corrected chi connectivity index (χ4v) is 3.65. The highest BCUT2D eigenvalue weighted by Gasteiger charge is 2.50. The lowest BCUT2D eigenvalue weighted by molar-refractivity contribution is -0.135. The van der Waals surface area contributed by atoms with Crippen LogP contribution >= 0.6 is 0 Å². The molecule has 0 aliphatic carbocycles. The van der Waals surface area contributed by atoms with Crippen molar-refractivity contribution in [3.63, 3.8) is 0 Å². The van der Waals surface area contributed by atoms with Gasteiger partial charge in [0.2, 0.25) is 0 Å². The van der Waals surface area contributed by atoms with Crippen LogP contribution in [0.15, 0.2) is 85.7 Å². The van der Waals surface area contributed by atoms with E-state index < -0.39 is 11.5 Å². The van der Waals surface area contributed by atoms with Crippen LogP contribution in [0.5, 0.6) is 0 Å². The van der Waals surface area contributed by atoms with Crippen molar-refractivity contribution in [3.05, 3.63) is 96.8 Å². The Morgan fingerprint density at radius 2 is 1.71 bits per heavy atom. The van der Waals surface area contributed by atoms with Crippen molar-refractivity contribution in [2.45, 2.75) is 12.0 Å². The molecule has 1 aromatic heterocycles. The largest absolute Gasteiger partial charge is 0.375 e. The van der Waals surface area contributed by atoms with Gasteiger partial charge in [0, 0.05) is 35.8 Å². The summed E-state index contributed by atoms with van der Waals surface area (Å²) in [6, 6.07) is 18.0. The molecule has 0 unspecified atom stereocenters. The molecule has 5 nitrogen and oxygen atoms in total. The van der Waals surface area contributed by atoms with Crippen molar-refractivity contribution < 1.29 is 14.7 Å². The molecular weight excluding hydrogens is 352 g/mol. The number of carbonyl (C=O) groups excluding carboxylic acids is 2. The molecule has 1 aliphatic heterocycles. The molecule has 0 saturated carbocycles. The van der Waals surface area contributed by atoms with Gasteiger partial charge < -0.3 is 14.6 Å². The van der Waals surface area contributed by atoms with Gasteiger partial charge in [-0.3, -0.25) is 9.59 Å². The topological polar surface area (TPSA) is 62.5 Å². The standard InChI is InChI=1S/C23H20N2O3/c1-2-13-25-20-8-4-3-7-19(20)23(28,22(25)27)16-21(26)17-9-11-18(12-10-17)24-14-5-6-15-24/h2-12,14-15,28H,1,13,16H2/t23-/m0/s1. The SMILES string of the molecule is C=CCN1C(=O)[C@](O)(CC(=O)c2ccc(-n3cccc3)cc2)c2ccccc21. The molecule has 0 saturated heterocycles. The van der Waals surface area contributed by atoms with Gasteiger partial charge in [0.05, 0.1) is 12.1 Å². The zero-order valence-electron chi connectivity index (χ0n) is 15.3. The minimum absolute atomic E-state index is 0.276. The van der Waals surface area contributed by atoms with E-state index in [9.17, 15) is 14.7 Å². The lowest BCUT2D eigenvalue weighted by Gasteiger charge is -2.22. The first kappa shape index (κ1) is 17.9. The average Bonchev–Trinajstić information content (AvgIpc) is 3.32. The minimum Gasteiger partial charge on any atom is -0.375 e. The molecular formula is C23H20N2O3. The molecule has 0 bridgehead atoms. The van der Waals surface area contributed by atoms with Crippen LogP contribution in [0, 0.1) is 0 Å². The fourth-order valence-electron chi connectivity index (χ4n) is 3.65. The molecule has 5 heteroatoms. The van der Waals surface area contributed by atoms with E-state index in [1.807, 2.05) is 41.2 Å². The summed E-state index contributed by atoms with van der Waals surface area (Å²) in [5, 5.41) is 11.2. The zero-order chi connectivity index (χ0) is 19.7. The van der Waals surface area contributed by atoms with Crippen LogP contribution in [-0.2, 0) is 10.4 Å².